The zero-order valence-electron chi connectivity index (χ0n) is 10.5. The Labute approximate surface area is 112 Å². The molecule has 96 valence electrons. The first-order valence-electron chi connectivity index (χ1n) is 6.12. The van der Waals surface area contributed by atoms with Gasteiger partial charge in [-0.25, -0.2) is 0 Å². The Bertz CT molecular complexity index is 452. The molecule has 0 aliphatic carbocycles. The number of rotatable bonds is 6. The molecule has 0 amide bonds. The van der Waals surface area contributed by atoms with Crippen LogP contribution < -0.4 is 0 Å². The van der Waals surface area contributed by atoms with Gasteiger partial charge in [0.15, 0.2) is 0 Å². The molecule has 0 aliphatic rings. The number of thiophene rings is 1. The third-order valence-corrected chi connectivity index (χ3v) is 3.21. The number of hydrogen-bond donors (Lipinski definition) is 0. The van der Waals surface area contributed by atoms with Crippen molar-refractivity contribution in [2.45, 2.75) is 39.0 Å². The van der Waals surface area contributed by atoms with Crippen molar-refractivity contribution in [1.29, 1.82) is 0 Å². The van der Waals surface area contributed by atoms with Gasteiger partial charge in [-0.15, -0.1) is 11.3 Å². The van der Waals surface area contributed by atoms with E-state index in [1.54, 1.807) is 0 Å². The van der Waals surface area contributed by atoms with Gasteiger partial charge >= 0.3 is 5.70 Å². The quantitative estimate of drug-likeness (QED) is 0.331. The smallest absolute Gasteiger partial charge is 0.258 e. The molecule has 0 radical (unpaired) electrons. The van der Waals surface area contributed by atoms with E-state index in [2.05, 4.69) is 18.8 Å². The predicted octanol–water partition coefficient (Wildman–Crippen LogP) is 4.34. The largest absolute Gasteiger partial charge is 0.320 e. The van der Waals surface area contributed by atoms with Crippen molar-refractivity contribution in [2.75, 3.05) is 0 Å². The van der Waals surface area contributed by atoms with Crippen LogP contribution in [0.5, 0.6) is 0 Å². The summed E-state index contributed by atoms with van der Waals surface area (Å²) in [5.41, 5.74) is -0.0204. The van der Waals surface area contributed by atoms with Gasteiger partial charge in [-0.05, 0) is 17.9 Å². The minimum absolute atomic E-state index is 0.0204. The lowest BCUT2D eigenvalue weighted by Gasteiger charge is -1.92. The van der Waals surface area contributed by atoms with Gasteiger partial charge < -0.3 is 0 Å². The molecule has 0 N–H and O–H groups in total. The fourth-order valence-corrected chi connectivity index (χ4v) is 2.09. The average molecular weight is 263 g/mol. The molecule has 0 unspecified atom stereocenters. The molecule has 1 aromatic rings. The molecule has 0 fully saturated rings. The second-order valence-electron chi connectivity index (χ2n) is 3.91. The average Bonchev–Trinajstić information content (AvgIpc) is 2.84. The van der Waals surface area contributed by atoms with E-state index >= 15 is 0 Å². The van der Waals surface area contributed by atoms with Crippen LogP contribution in [0.1, 0.15) is 43.9 Å². The van der Waals surface area contributed by atoms with Gasteiger partial charge in [0.2, 0.25) is 0 Å². The Morgan fingerprint density at radius 3 is 2.94 bits per heavy atom. The molecule has 0 aromatic carbocycles. The summed E-state index contributed by atoms with van der Waals surface area (Å²) >= 11 is 1.47. The molecule has 4 heteroatoms. The minimum atomic E-state index is -0.418. The zero-order chi connectivity index (χ0) is 13.2. The van der Waals surface area contributed by atoms with E-state index < -0.39 is 4.92 Å². The predicted molar refractivity (Wildman–Crippen MR) is 75.8 cm³/mol. The lowest BCUT2D eigenvalue weighted by molar-refractivity contribution is -0.415. The first-order chi connectivity index (χ1) is 8.74. The lowest BCUT2D eigenvalue weighted by atomic mass is 10.1. The van der Waals surface area contributed by atoms with Crippen molar-refractivity contribution in [3.05, 3.63) is 38.2 Å². The SMILES string of the molecule is CCCCCCC#C/C(=C\c1cccs1)[N+](=O)[O-]. The van der Waals surface area contributed by atoms with Crippen molar-refractivity contribution in [2.24, 2.45) is 0 Å². The topological polar surface area (TPSA) is 43.1 Å². The van der Waals surface area contributed by atoms with Crippen molar-refractivity contribution < 1.29 is 4.92 Å². The van der Waals surface area contributed by atoms with E-state index in [9.17, 15) is 10.1 Å². The van der Waals surface area contributed by atoms with Crippen LogP contribution in [-0.2, 0) is 0 Å². The molecule has 1 rings (SSSR count). The summed E-state index contributed by atoms with van der Waals surface area (Å²) in [7, 11) is 0. The Kier molecular flexibility index (Phi) is 6.82. The van der Waals surface area contributed by atoms with Crippen LogP contribution in [0, 0.1) is 22.0 Å². The van der Waals surface area contributed by atoms with Gasteiger partial charge in [0, 0.05) is 23.3 Å². The van der Waals surface area contributed by atoms with E-state index in [1.165, 1.54) is 30.3 Å². The number of nitrogens with zero attached hydrogens (tertiary/aromatic N) is 1. The van der Waals surface area contributed by atoms with E-state index in [1.807, 2.05) is 17.5 Å². The first kappa shape index (κ1) is 14.5. The van der Waals surface area contributed by atoms with Crippen LogP contribution in [0.15, 0.2) is 23.2 Å². The van der Waals surface area contributed by atoms with Gasteiger partial charge in [-0.2, -0.15) is 0 Å². The minimum Gasteiger partial charge on any atom is -0.258 e. The van der Waals surface area contributed by atoms with Crippen molar-refractivity contribution in [3.63, 3.8) is 0 Å². The molecule has 1 heterocycles. The maximum absolute atomic E-state index is 10.8. The number of nitro groups is 1. The van der Waals surface area contributed by atoms with Gasteiger partial charge in [-0.1, -0.05) is 38.2 Å². The molecular formula is C14H17NO2S. The van der Waals surface area contributed by atoms with Gasteiger partial charge in [0.25, 0.3) is 0 Å². The molecule has 18 heavy (non-hydrogen) atoms. The maximum atomic E-state index is 10.8. The third-order valence-electron chi connectivity index (χ3n) is 2.39. The summed E-state index contributed by atoms with van der Waals surface area (Å²) in [6.07, 6.45) is 6.82. The van der Waals surface area contributed by atoms with E-state index in [0.29, 0.717) is 0 Å². The summed E-state index contributed by atoms with van der Waals surface area (Å²) in [4.78, 5) is 11.3. The molecule has 0 bridgehead atoms. The number of unbranched alkanes of at least 4 members (excludes halogenated alkanes) is 4. The molecule has 0 saturated carbocycles. The Morgan fingerprint density at radius 2 is 2.33 bits per heavy atom. The van der Waals surface area contributed by atoms with Gasteiger partial charge in [0.05, 0.1) is 4.92 Å². The summed E-state index contributed by atoms with van der Waals surface area (Å²) in [6.45, 7) is 2.15. The maximum Gasteiger partial charge on any atom is 0.320 e. The summed E-state index contributed by atoms with van der Waals surface area (Å²) in [5.74, 6) is 5.54. The Hall–Kier alpha value is -1.60. The molecule has 0 saturated heterocycles. The highest BCUT2D eigenvalue weighted by molar-refractivity contribution is 7.10. The molecule has 0 aliphatic heterocycles. The van der Waals surface area contributed by atoms with E-state index in [-0.39, 0.29) is 5.70 Å². The molecular weight excluding hydrogens is 246 g/mol. The molecule has 3 nitrogen and oxygen atoms in total. The molecule has 0 atom stereocenters. The molecule has 1 aromatic heterocycles. The zero-order valence-corrected chi connectivity index (χ0v) is 11.3. The van der Waals surface area contributed by atoms with Gasteiger partial charge in [0.1, 0.15) is 0 Å². The highest BCUT2D eigenvalue weighted by Crippen LogP contribution is 2.13. The van der Waals surface area contributed by atoms with Crippen molar-refractivity contribution in [3.8, 4) is 11.8 Å². The van der Waals surface area contributed by atoms with Crippen LogP contribution in [0.2, 0.25) is 0 Å². The van der Waals surface area contributed by atoms with E-state index in [0.717, 1.165) is 24.1 Å². The van der Waals surface area contributed by atoms with Crippen LogP contribution in [-0.4, -0.2) is 4.92 Å². The van der Waals surface area contributed by atoms with Crippen LogP contribution >= 0.6 is 11.3 Å². The van der Waals surface area contributed by atoms with Crippen LogP contribution in [0.4, 0.5) is 0 Å². The summed E-state index contributed by atoms with van der Waals surface area (Å²) in [6, 6.07) is 3.71. The lowest BCUT2D eigenvalue weighted by Crippen LogP contribution is -1.95. The Balaban J connectivity index is 2.54. The molecule has 0 spiro atoms. The van der Waals surface area contributed by atoms with Crippen LogP contribution in [0.3, 0.4) is 0 Å². The number of hydrogen-bond acceptors (Lipinski definition) is 3. The fourth-order valence-electron chi connectivity index (χ4n) is 1.44. The fraction of sp³-hybridized carbons (Fsp3) is 0.429. The second-order valence-corrected chi connectivity index (χ2v) is 4.89. The number of allylic oxidation sites excluding steroid dienone is 1. The van der Waals surface area contributed by atoms with Crippen molar-refractivity contribution in [1.82, 2.24) is 0 Å². The summed E-state index contributed by atoms with van der Waals surface area (Å²) in [5, 5.41) is 12.7. The monoisotopic (exact) mass is 263 g/mol. The highest BCUT2D eigenvalue weighted by atomic mass is 32.1. The van der Waals surface area contributed by atoms with Crippen molar-refractivity contribution >= 4 is 17.4 Å². The summed E-state index contributed by atoms with van der Waals surface area (Å²) < 4.78 is 0. The second kappa shape index (κ2) is 8.48. The van der Waals surface area contributed by atoms with Crippen LogP contribution in [0.25, 0.3) is 6.08 Å². The Morgan fingerprint density at radius 1 is 1.50 bits per heavy atom. The van der Waals surface area contributed by atoms with Gasteiger partial charge in [-0.3, -0.25) is 10.1 Å². The normalized spacial score (nSPS) is 10.8. The van der Waals surface area contributed by atoms with E-state index in [4.69, 9.17) is 0 Å². The third kappa shape index (κ3) is 5.65. The standard InChI is InChI=1S/C14H17NO2S/c1-2-3-4-5-6-7-9-13(15(16)17)12-14-10-8-11-18-14/h8,10-12H,2-6H2,1H3/b13-12+. The highest BCUT2D eigenvalue weighted by Gasteiger charge is 2.06. The first-order valence-corrected chi connectivity index (χ1v) is 7.00.